The smallest absolute Gasteiger partial charge is 0.269 e. The Kier molecular flexibility index (Phi) is 10.5. The van der Waals surface area contributed by atoms with Gasteiger partial charge in [-0.3, -0.25) is 10.1 Å². The fourth-order valence-electron chi connectivity index (χ4n) is 2.70. The van der Waals surface area contributed by atoms with Crippen molar-refractivity contribution >= 4 is 18.1 Å². The Balaban J connectivity index is 0.00000288. The molecule has 0 radical (unpaired) electrons. The summed E-state index contributed by atoms with van der Waals surface area (Å²) in [4.78, 5) is 10.4. The van der Waals surface area contributed by atoms with Gasteiger partial charge in [0.15, 0.2) is 0 Å². The second-order valence-corrected chi connectivity index (χ2v) is 5.90. The Morgan fingerprint density at radius 3 is 1.79 bits per heavy atom. The van der Waals surface area contributed by atoms with Crippen LogP contribution in [0.1, 0.15) is 5.56 Å². The topological polar surface area (TPSA) is 91.3 Å². The highest BCUT2D eigenvalue weighted by Crippen LogP contribution is 2.14. The highest BCUT2D eigenvalue weighted by Gasteiger charge is 2.11. The van der Waals surface area contributed by atoms with Crippen LogP contribution in [0.15, 0.2) is 24.3 Å². The second kappa shape index (κ2) is 12.2. The van der Waals surface area contributed by atoms with Crippen molar-refractivity contribution < 1.29 is 4.92 Å². The first-order chi connectivity index (χ1) is 11.3. The zero-order valence-corrected chi connectivity index (χ0v) is 14.7. The summed E-state index contributed by atoms with van der Waals surface area (Å²) in [6.45, 7) is 7.73. The van der Waals surface area contributed by atoms with E-state index in [9.17, 15) is 10.1 Å². The summed E-state index contributed by atoms with van der Waals surface area (Å²) < 4.78 is 0. The summed E-state index contributed by atoms with van der Waals surface area (Å²) in [5.74, 6) is 0.470. The number of nitrogens with one attached hydrogen (secondary N) is 4. The van der Waals surface area contributed by atoms with Crippen molar-refractivity contribution in [3.05, 3.63) is 39.9 Å². The zero-order chi connectivity index (χ0) is 16.3. The molecule has 8 heteroatoms. The number of nitro groups is 1. The molecule has 7 nitrogen and oxygen atoms in total. The van der Waals surface area contributed by atoms with Crippen LogP contribution in [0.3, 0.4) is 0 Å². The number of nitrogens with zero attached hydrogens (tertiary/aromatic N) is 1. The molecule has 0 aliphatic carbocycles. The third-order valence-corrected chi connectivity index (χ3v) is 3.97. The molecule has 1 aliphatic rings. The molecule has 0 aromatic heterocycles. The fourth-order valence-corrected chi connectivity index (χ4v) is 2.70. The third-order valence-electron chi connectivity index (χ3n) is 3.97. The number of hydrogen-bond donors (Lipinski definition) is 4. The van der Waals surface area contributed by atoms with E-state index in [1.165, 1.54) is 0 Å². The van der Waals surface area contributed by atoms with E-state index in [1.54, 1.807) is 12.1 Å². The van der Waals surface area contributed by atoms with E-state index in [4.69, 9.17) is 0 Å². The summed E-state index contributed by atoms with van der Waals surface area (Å²) >= 11 is 0. The largest absolute Gasteiger partial charge is 0.315 e. The summed E-state index contributed by atoms with van der Waals surface area (Å²) in [5, 5.41) is 24.5. The van der Waals surface area contributed by atoms with E-state index < -0.39 is 0 Å². The van der Waals surface area contributed by atoms with Crippen LogP contribution in [0.25, 0.3) is 0 Å². The van der Waals surface area contributed by atoms with E-state index in [-0.39, 0.29) is 23.0 Å². The van der Waals surface area contributed by atoms with Crippen LogP contribution in [0.4, 0.5) is 5.69 Å². The Morgan fingerprint density at radius 1 is 0.875 bits per heavy atom. The van der Waals surface area contributed by atoms with E-state index in [0.29, 0.717) is 5.92 Å². The van der Waals surface area contributed by atoms with E-state index in [2.05, 4.69) is 21.3 Å². The lowest BCUT2D eigenvalue weighted by Gasteiger charge is -2.18. The predicted molar refractivity (Wildman–Crippen MR) is 99.0 cm³/mol. The molecule has 0 saturated carbocycles. The Bertz CT molecular complexity index is 458. The third kappa shape index (κ3) is 8.03. The number of hydrogen-bond acceptors (Lipinski definition) is 6. The minimum Gasteiger partial charge on any atom is -0.315 e. The number of rotatable bonds is 3. The molecule has 1 aromatic rings. The van der Waals surface area contributed by atoms with Crippen molar-refractivity contribution in [1.82, 2.24) is 21.3 Å². The maximum absolute atomic E-state index is 10.7. The van der Waals surface area contributed by atoms with Crippen molar-refractivity contribution in [2.24, 2.45) is 5.92 Å². The highest BCUT2D eigenvalue weighted by molar-refractivity contribution is 5.85. The molecule has 1 aromatic carbocycles. The van der Waals surface area contributed by atoms with Crippen LogP contribution in [-0.2, 0) is 6.42 Å². The van der Waals surface area contributed by atoms with Crippen LogP contribution in [0.2, 0.25) is 0 Å². The van der Waals surface area contributed by atoms with Gasteiger partial charge in [-0.1, -0.05) is 12.1 Å². The fraction of sp³-hybridized carbons (Fsp3) is 0.625. The average molecular weight is 358 g/mol. The summed E-state index contributed by atoms with van der Waals surface area (Å²) in [6, 6.07) is 6.90. The van der Waals surface area contributed by atoms with E-state index in [1.807, 2.05) is 12.1 Å². The van der Waals surface area contributed by atoms with Crippen LogP contribution < -0.4 is 21.3 Å². The molecule has 136 valence electrons. The molecule has 0 spiro atoms. The monoisotopic (exact) mass is 357 g/mol. The first-order valence-electron chi connectivity index (χ1n) is 8.32. The van der Waals surface area contributed by atoms with Crippen LogP contribution in [-0.4, -0.2) is 57.3 Å². The molecule has 2 rings (SSSR count). The highest BCUT2D eigenvalue weighted by atomic mass is 35.5. The molecule has 1 heterocycles. The molecule has 1 aliphatic heterocycles. The van der Waals surface area contributed by atoms with Gasteiger partial charge in [0, 0.05) is 51.4 Å². The second-order valence-electron chi connectivity index (χ2n) is 5.90. The minimum absolute atomic E-state index is 0. The molecule has 0 bridgehead atoms. The van der Waals surface area contributed by atoms with Gasteiger partial charge in [-0.2, -0.15) is 0 Å². The van der Waals surface area contributed by atoms with E-state index >= 15 is 0 Å². The molecule has 1 saturated heterocycles. The van der Waals surface area contributed by atoms with Gasteiger partial charge >= 0.3 is 0 Å². The maximum Gasteiger partial charge on any atom is 0.269 e. The first-order valence-corrected chi connectivity index (χ1v) is 8.32. The Labute approximate surface area is 149 Å². The molecule has 0 amide bonds. The number of benzene rings is 1. The first kappa shape index (κ1) is 20.8. The van der Waals surface area contributed by atoms with Crippen LogP contribution >= 0.6 is 12.4 Å². The SMILES string of the molecule is Cl.O=[N+]([O-])c1ccc(CC2CNCCNCCNCCNC2)cc1. The van der Waals surface area contributed by atoms with Gasteiger partial charge < -0.3 is 21.3 Å². The van der Waals surface area contributed by atoms with E-state index in [0.717, 1.165) is 64.3 Å². The number of non-ortho nitro benzene ring substituents is 1. The normalized spacial score (nSPS) is 18.5. The standard InChI is InChI=1S/C16H27N5O2.ClH/c22-21(23)16-3-1-14(2-4-16)11-15-12-19-9-7-17-5-6-18-8-10-20-13-15;/h1-4,15,17-20H,5-13H2;1H. The lowest BCUT2D eigenvalue weighted by Crippen LogP contribution is -2.36. The molecular formula is C16H28ClN5O2. The molecule has 0 atom stereocenters. The van der Waals surface area contributed by atoms with Crippen molar-refractivity contribution in [2.45, 2.75) is 6.42 Å². The number of nitro benzene ring substituents is 1. The predicted octanol–water partition coefficient (Wildman–Crippen LogP) is 0.547. The minimum atomic E-state index is -0.355. The van der Waals surface area contributed by atoms with Gasteiger partial charge in [0.1, 0.15) is 0 Å². The van der Waals surface area contributed by atoms with Gasteiger partial charge in [-0.15, -0.1) is 12.4 Å². The summed E-state index contributed by atoms with van der Waals surface area (Å²) in [7, 11) is 0. The van der Waals surface area contributed by atoms with Crippen molar-refractivity contribution in [1.29, 1.82) is 0 Å². The maximum atomic E-state index is 10.7. The molecule has 4 N–H and O–H groups in total. The van der Waals surface area contributed by atoms with Crippen LogP contribution in [0.5, 0.6) is 0 Å². The van der Waals surface area contributed by atoms with Gasteiger partial charge in [0.2, 0.25) is 0 Å². The van der Waals surface area contributed by atoms with Crippen molar-refractivity contribution in [3.63, 3.8) is 0 Å². The molecule has 24 heavy (non-hydrogen) atoms. The van der Waals surface area contributed by atoms with Gasteiger partial charge in [-0.05, 0) is 31.0 Å². The Morgan fingerprint density at radius 2 is 1.33 bits per heavy atom. The average Bonchev–Trinajstić information content (AvgIpc) is 2.57. The van der Waals surface area contributed by atoms with Gasteiger partial charge in [-0.25, -0.2) is 0 Å². The van der Waals surface area contributed by atoms with Crippen molar-refractivity contribution in [3.8, 4) is 0 Å². The lowest BCUT2D eigenvalue weighted by atomic mass is 9.98. The number of halogens is 1. The Hall–Kier alpha value is -1.25. The van der Waals surface area contributed by atoms with Gasteiger partial charge in [0.05, 0.1) is 4.92 Å². The molecular weight excluding hydrogens is 330 g/mol. The quantitative estimate of drug-likeness (QED) is 0.466. The van der Waals surface area contributed by atoms with Crippen LogP contribution in [0, 0.1) is 16.0 Å². The zero-order valence-electron chi connectivity index (χ0n) is 13.9. The lowest BCUT2D eigenvalue weighted by molar-refractivity contribution is -0.384. The summed E-state index contributed by atoms with van der Waals surface area (Å²) in [6.07, 6.45) is 0.916. The summed E-state index contributed by atoms with van der Waals surface area (Å²) in [5.41, 5.74) is 1.29. The molecule has 0 unspecified atom stereocenters. The van der Waals surface area contributed by atoms with Crippen molar-refractivity contribution in [2.75, 3.05) is 52.4 Å². The van der Waals surface area contributed by atoms with Gasteiger partial charge in [0.25, 0.3) is 5.69 Å². The molecule has 1 fully saturated rings.